The quantitative estimate of drug-likeness (QED) is 0.551. The SMILES string of the molecule is O=C(O)N1CCCC1=O.[SrH2]. The molecule has 2 amide bonds. The predicted octanol–water partition coefficient (Wildman–Crippen LogP) is -0.629. The zero-order valence-corrected chi connectivity index (χ0v) is 4.83. The Bertz CT molecular complexity index is 159. The van der Waals surface area contributed by atoms with Crippen LogP contribution in [0.25, 0.3) is 0 Å². The Morgan fingerprint density at radius 1 is 1.60 bits per heavy atom. The number of carboxylic acid groups (broad SMARTS) is 1. The topological polar surface area (TPSA) is 57.6 Å². The second-order valence-electron chi connectivity index (χ2n) is 1.93. The van der Waals surface area contributed by atoms with Gasteiger partial charge in [-0.05, 0) is 6.42 Å². The van der Waals surface area contributed by atoms with Gasteiger partial charge in [-0.25, -0.2) is 9.69 Å². The molecule has 1 rings (SSSR count). The first-order valence-electron chi connectivity index (χ1n) is 2.75. The van der Waals surface area contributed by atoms with Crippen LogP contribution in [-0.2, 0) is 4.79 Å². The van der Waals surface area contributed by atoms with Gasteiger partial charge in [0.15, 0.2) is 0 Å². The normalized spacial score (nSPS) is 16.8. The first-order valence-corrected chi connectivity index (χ1v) is 2.75. The van der Waals surface area contributed by atoms with Gasteiger partial charge < -0.3 is 5.11 Å². The fourth-order valence-corrected chi connectivity index (χ4v) is 0.850. The molecule has 5 heteroatoms. The van der Waals surface area contributed by atoms with Gasteiger partial charge in [-0.1, -0.05) is 0 Å². The van der Waals surface area contributed by atoms with Gasteiger partial charge in [-0.2, -0.15) is 0 Å². The van der Waals surface area contributed by atoms with E-state index in [0.717, 1.165) is 4.90 Å². The minimum atomic E-state index is -1.13. The van der Waals surface area contributed by atoms with Gasteiger partial charge in [0.2, 0.25) is 5.91 Å². The Labute approximate surface area is 95.5 Å². The summed E-state index contributed by atoms with van der Waals surface area (Å²) < 4.78 is 0. The first-order chi connectivity index (χ1) is 4.22. The van der Waals surface area contributed by atoms with E-state index in [1.54, 1.807) is 0 Å². The Morgan fingerprint density at radius 3 is 2.40 bits per heavy atom. The molecule has 0 saturated carbocycles. The van der Waals surface area contributed by atoms with Crippen molar-refractivity contribution in [2.75, 3.05) is 6.54 Å². The van der Waals surface area contributed by atoms with E-state index in [-0.39, 0.29) is 51.4 Å². The Kier molecular flexibility index (Phi) is 4.51. The molecule has 0 atom stereocenters. The Morgan fingerprint density at radius 2 is 2.20 bits per heavy atom. The number of nitrogens with zero attached hydrogens (tertiary/aromatic N) is 1. The minimum absolute atomic E-state index is 0. The van der Waals surface area contributed by atoms with E-state index in [1.807, 2.05) is 0 Å². The van der Waals surface area contributed by atoms with Crippen LogP contribution in [0.4, 0.5) is 4.79 Å². The molecule has 10 heavy (non-hydrogen) atoms. The number of imide groups is 1. The number of carbonyl (C=O) groups is 2. The molecule has 1 aliphatic rings. The molecule has 0 aromatic rings. The summed E-state index contributed by atoms with van der Waals surface area (Å²) in [5, 5.41) is 8.29. The summed E-state index contributed by atoms with van der Waals surface area (Å²) in [6, 6.07) is 0. The Balaban J connectivity index is 0.000000810. The third-order valence-electron chi connectivity index (χ3n) is 1.30. The van der Waals surface area contributed by atoms with Crippen molar-refractivity contribution in [3.8, 4) is 0 Å². The van der Waals surface area contributed by atoms with Crippen molar-refractivity contribution in [2.45, 2.75) is 12.8 Å². The van der Waals surface area contributed by atoms with Gasteiger partial charge in [0.25, 0.3) is 0 Å². The van der Waals surface area contributed by atoms with Crippen LogP contribution in [0, 0.1) is 0 Å². The zero-order chi connectivity index (χ0) is 6.85. The molecular formula is C5H9NO3Sr. The summed E-state index contributed by atoms with van der Waals surface area (Å²) in [6.07, 6.45) is -0.0743. The molecule has 54 valence electrons. The third kappa shape index (κ3) is 2.23. The fourth-order valence-electron chi connectivity index (χ4n) is 0.850. The Hall–Kier alpha value is 0.421. The maximum atomic E-state index is 10.6. The molecule has 0 aromatic heterocycles. The van der Waals surface area contributed by atoms with Crippen LogP contribution in [0.2, 0.25) is 0 Å². The number of rotatable bonds is 0. The number of hydrogen-bond donors (Lipinski definition) is 1. The van der Waals surface area contributed by atoms with Crippen LogP contribution in [0.1, 0.15) is 12.8 Å². The van der Waals surface area contributed by atoms with E-state index in [9.17, 15) is 9.59 Å². The third-order valence-corrected chi connectivity index (χ3v) is 1.30. The predicted molar refractivity (Wildman–Crippen MR) is 37.5 cm³/mol. The zero-order valence-electron chi connectivity index (χ0n) is 4.83. The first kappa shape index (κ1) is 10.4. The van der Waals surface area contributed by atoms with Gasteiger partial charge in [0.05, 0.1) is 0 Å². The van der Waals surface area contributed by atoms with E-state index in [0.29, 0.717) is 19.4 Å². The molecule has 1 saturated heterocycles. The van der Waals surface area contributed by atoms with E-state index in [1.165, 1.54) is 0 Å². The maximum absolute atomic E-state index is 10.6. The number of carbonyl (C=O) groups excluding carboxylic acids is 1. The van der Waals surface area contributed by atoms with Crippen LogP contribution in [0.5, 0.6) is 0 Å². The van der Waals surface area contributed by atoms with Crippen LogP contribution in [-0.4, -0.2) is 74.0 Å². The number of amides is 2. The van der Waals surface area contributed by atoms with Crippen molar-refractivity contribution in [3.63, 3.8) is 0 Å². The van der Waals surface area contributed by atoms with E-state index in [4.69, 9.17) is 5.11 Å². The molecular weight excluding hydrogens is 210 g/mol. The summed E-state index contributed by atoms with van der Waals surface area (Å²) in [4.78, 5) is 21.5. The average molecular weight is 219 g/mol. The summed E-state index contributed by atoms with van der Waals surface area (Å²) in [7, 11) is 0. The summed E-state index contributed by atoms with van der Waals surface area (Å²) in [6.45, 7) is 0.369. The summed E-state index contributed by atoms with van der Waals surface area (Å²) in [5.74, 6) is -0.275. The van der Waals surface area contributed by atoms with E-state index in [2.05, 4.69) is 0 Å². The van der Waals surface area contributed by atoms with Crippen molar-refractivity contribution >= 4 is 57.5 Å². The molecule has 1 N–H and O–H groups in total. The van der Waals surface area contributed by atoms with Crippen LogP contribution in [0.3, 0.4) is 0 Å². The number of hydrogen-bond acceptors (Lipinski definition) is 2. The van der Waals surface area contributed by atoms with Gasteiger partial charge in [0.1, 0.15) is 0 Å². The standard InChI is InChI=1S/C5H7NO3.Sr.2H/c7-4-2-1-3-6(4)5(8)9;;;/h1-3H2,(H,8,9);;;. The van der Waals surface area contributed by atoms with Crippen LogP contribution < -0.4 is 0 Å². The number of likely N-dealkylation sites (tertiary alicyclic amines) is 1. The molecule has 0 spiro atoms. The fraction of sp³-hybridized carbons (Fsp3) is 0.600. The average Bonchev–Trinajstić information content (AvgIpc) is 2.13. The molecule has 0 bridgehead atoms. The molecule has 1 heterocycles. The molecule has 1 aliphatic heterocycles. The molecule has 0 unspecified atom stereocenters. The monoisotopic (exact) mass is 219 g/mol. The van der Waals surface area contributed by atoms with Crippen molar-refractivity contribution in [1.29, 1.82) is 0 Å². The summed E-state index contributed by atoms with van der Waals surface area (Å²) >= 11 is 0. The van der Waals surface area contributed by atoms with Crippen molar-refractivity contribution in [3.05, 3.63) is 0 Å². The second kappa shape index (κ2) is 4.33. The molecule has 1 fully saturated rings. The van der Waals surface area contributed by atoms with Gasteiger partial charge >= 0.3 is 51.6 Å². The molecule has 0 aromatic carbocycles. The second-order valence-corrected chi connectivity index (χ2v) is 1.93. The molecule has 4 nitrogen and oxygen atoms in total. The van der Waals surface area contributed by atoms with Crippen molar-refractivity contribution < 1.29 is 14.7 Å². The van der Waals surface area contributed by atoms with Gasteiger partial charge in [0, 0.05) is 13.0 Å². The molecule has 0 aliphatic carbocycles. The summed E-state index contributed by atoms with van der Waals surface area (Å²) in [5.41, 5.74) is 0. The van der Waals surface area contributed by atoms with Gasteiger partial charge in [-0.3, -0.25) is 4.79 Å². The van der Waals surface area contributed by atoms with E-state index >= 15 is 0 Å². The van der Waals surface area contributed by atoms with Crippen LogP contribution >= 0.6 is 0 Å². The van der Waals surface area contributed by atoms with Crippen molar-refractivity contribution in [1.82, 2.24) is 4.90 Å². The van der Waals surface area contributed by atoms with Crippen LogP contribution in [0.15, 0.2) is 0 Å². The van der Waals surface area contributed by atoms with Crippen molar-refractivity contribution in [2.24, 2.45) is 0 Å². The van der Waals surface area contributed by atoms with Gasteiger partial charge in [-0.15, -0.1) is 0 Å². The molecule has 0 radical (unpaired) electrons. The van der Waals surface area contributed by atoms with E-state index < -0.39 is 6.09 Å².